The Balaban J connectivity index is 0.000000193. The van der Waals surface area contributed by atoms with E-state index in [9.17, 15) is 75.8 Å². The lowest BCUT2D eigenvalue weighted by Crippen LogP contribution is -2.54. The average molecular weight is 1810 g/mol. The minimum Gasteiger partial charge on any atom is -0.485 e. The number of ketones is 2. The van der Waals surface area contributed by atoms with Crippen LogP contribution >= 0.6 is 45.9 Å². The third kappa shape index (κ3) is 22.7. The molecule has 0 saturated carbocycles. The van der Waals surface area contributed by atoms with Gasteiger partial charge in [0, 0.05) is 74.3 Å². The van der Waals surface area contributed by atoms with Gasteiger partial charge in [0.25, 0.3) is 23.6 Å². The molecule has 38 heteroatoms. The van der Waals surface area contributed by atoms with Crippen molar-refractivity contribution in [3.63, 3.8) is 0 Å². The van der Waals surface area contributed by atoms with E-state index in [0.29, 0.717) is 47.5 Å². The highest BCUT2D eigenvalue weighted by Gasteiger charge is 2.48. The third-order valence-electron chi connectivity index (χ3n) is 22.0. The predicted octanol–water partition coefficient (Wildman–Crippen LogP) is 13.5. The van der Waals surface area contributed by atoms with E-state index < -0.39 is 89.5 Å². The van der Waals surface area contributed by atoms with Crippen molar-refractivity contribution in [3.8, 4) is 21.5 Å². The van der Waals surface area contributed by atoms with Crippen molar-refractivity contribution in [1.82, 2.24) is 55.3 Å². The number of hydrogen-bond acceptors (Lipinski definition) is 24. The molecule has 9 amide bonds. The zero-order valence-corrected chi connectivity index (χ0v) is 73.2. The molecule has 14 rings (SSSR count). The van der Waals surface area contributed by atoms with Crippen molar-refractivity contribution >= 4 is 134 Å². The van der Waals surface area contributed by atoms with Gasteiger partial charge < -0.3 is 30.7 Å². The van der Waals surface area contributed by atoms with E-state index in [1.807, 2.05) is 71.5 Å². The molecule has 6 aliphatic heterocycles. The minimum absolute atomic E-state index is 0.0234. The molecule has 2 saturated heterocycles. The van der Waals surface area contributed by atoms with E-state index in [1.54, 1.807) is 34.8 Å². The number of unbranched alkanes of at least 4 members (excludes halogenated alkanes) is 12. The fourth-order valence-electron chi connectivity index (χ4n) is 15.3. The van der Waals surface area contributed by atoms with Crippen molar-refractivity contribution < 1.29 is 95.2 Å². The Morgan fingerprint density at radius 3 is 1.28 bits per heavy atom. The van der Waals surface area contributed by atoms with Gasteiger partial charge in [-0.3, -0.25) is 97.1 Å². The van der Waals surface area contributed by atoms with Gasteiger partial charge in [-0.15, -0.1) is 43.1 Å². The molecule has 666 valence electrons. The van der Waals surface area contributed by atoms with Crippen LogP contribution in [0.2, 0.25) is 10.0 Å². The fourth-order valence-corrected chi connectivity index (χ4v) is 17.9. The maximum atomic E-state index is 13.3. The van der Waals surface area contributed by atoms with E-state index in [4.69, 9.17) is 58.3 Å². The van der Waals surface area contributed by atoms with Crippen LogP contribution in [0.4, 0.5) is 13.2 Å². The van der Waals surface area contributed by atoms with E-state index in [-0.39, 0.29) is 103 Å². The summed E-state index contributed by atoms with van der Waals surface area (Å²) in [5, 5.41) is 44.5. The Bertz CT molecular complexity index is 5590. The van der Waals surface area contributed by atoms with Crippen molar-refractivity contribution in [3.05, 3.63) is 184 Å². The van der Waals surface area contributed by atoms with Gasteiger partial charge >= 0.3 is 18.1 Å². The topological polar surface area (TPSA) is 436 Å². The number of nitrogens with two attached hydrogens (primary N) is 1. The highest BCUT2D eigenvalue weighted by atomic mass is 35.5. The zero-order chi connectivity index (χ0) is 91.0. The van der Waals surface area contributed by atoms with Crippen LogP contribution in [0.1, 0.15) is 261 Å². The molecule has 2 unspecified atom stereocenters. The van der Waals surface area contributed by atoms with Crippen LogP contribution in [-0.4, -0.2) is 182 Å². The Morgan fingerprint density at radius 2 is 0.897 bits per heavy atom. The van der Waals surface area contributed by atoms with Crippen LogP contribution in [-0.2, 0) is 43.2 Å². The predicted molar refractivity (Wildman–Crippen MR) is 460 cm³/mol. The highest BCUT2D eigenvalue weighted by molar-refractivity contribution is 7.15. The molecule has 31 nitrogen and oxygen atoms in total. The highest BCUT2D eigenvalue weighted by Crippen LogP contribution is 2.43. The van der Waals surface area contributed by atoms with Crippen LogP contribution in [0.25, 0.3) is 10.0 Å². The molecular weight excluding hydrogens is 1720 g/mol. The average Bonchev–Trinajstić information content (AvgIpc) is 1.60. The van der Waals surface area contributed by atoms with E-state index in [1.165, 1.54) is 34.0 Å². The third-order valence-corrected chi connectivity index (χ3v) is 24.8. The summed E-state index contributed by atoms with van der Waals surface area (Å²) in [6.07, 6.45) is 9.57. The van der Waals surface area contributed by atoms with Crippen molar-refractivity contribution in [2.24, 2.45) is 15.7 Å². The number of imide groups is 4. The van der Waals surface area contributed by atoms with Crippen molar-refractivity contribution in [2.45, 2.75) is 213 Å². The van der Waals surface area contributed by atoms with E-state index in [0.717, 1.165) is 166 Å². The second kappa shape index (κ2) is 42.9. The van der Waals surface area contributed by atoms with Gasteiger partial charge in [0.2, 0.25) is 29.5 Å². The zero-order valence-electron chi connectivity index (χ0n) is 70.1. The van der Waals surface area contributed by atoms with E-state index in [2.05, 4.69) is 64.0 Å². The Morgan fingerprint density at radius 1 is 0.516 bits per heavy atom. The molecule has 4 atom stereocenters. The van der Waals surface area contributed by atoms with Crippen LogP contribution in [0.15, 0.2) is 94.9 Å². The number of aryl methyl sites for hydroxylation is 4. The van der Waals surface area contributed by atoms with Crippen LogP contribution < -0.4 is 31.2 Å². The Kier molecular flexibility index (Phi) is 32.3. The first-order chi connectivity index (χ1) is 60.2. The summed E-state index contributed by atoms with van der Waals surface area (Å²) in [6.45, 7) is 13.0. The van der Waals surface area contributed by atoms with Gasteiger partial charge in [-0.2, -0.15) is 13.2 Å². The largest absolute Gasteiger partial charge is 0.490 e. The number of nitrogens with one attached hydrogen (secondary N) is 3. The van der Waals surface area contributed by atoms with Crippen LogP contribution in [0.5, 0.6) is 11.5 Å². The Labute approximate surface area is 740 Å². The molecule has 6 aliphatic rings. The summed E-state index contributed by atoms with van der Waals surface area (Å²) in [4.78, 5) is 172. The number of hydrogen-bond donors (Lipinski definition) is 6. The normalized spacial score (nSPS) is 16.7. The number of carbonyl (C=O) groups is 13. The molecule has 10 heterocycles. The first-order valence-corrected chi connectivity index (χ1v) is 43.8. The summed E-state index contributed by atoms with van der Waals surface area (Å²) in [7, 11) is 0. The lowest BCUT2D eigenvalue weighted by atomic mass is 9.99. The SMILES string of the molecule is Cc1sc2c(c1C)C(c1ccc(Cl)cc1)=N[C@@H](CC(=O)NCCCCCCCCCC(=O)COc1cccc3c1C(=O)N(C1CCC(=O)NC1=O)C3=O)c1nnc(C)n1-2.Cc1sc2c(c1C)C(c1ccc(Cl)cc1)=N[C@@H](CC(=O)O)c1nnc(C)n1-2.NCCCCCCCCCC(=O)COc1cccc2c1C(=O)N(C1CCC(=O)NC1=O)C2=O.O=C(O)C(F)(F)F. The summed E-state index contributed by atoms with van der Waals surface area (Å²) >= 11 is 15.6. The molecule has 0 aliphatic carbocycles. The first kappa shape index (κ1) is 94.8. The first-order valence-electron chi connectivity index (χ1n) is 41.4. The molecule has 126 heavy (non-hydrogen) atoms. The number of amides is 9. The number of aliphatic carboxylic acids is 2. The maximum absolute atomic E-state index is 13.3. The number of carbonyl (C=O) groups excluding carboxylic acids is 11. The van der Waals surface area contributed by atoms with Crippen molar-refractivity contribution in [2.75, 3.05) is 26.3 Å². The summed E-state index contributed by atoms with van der Waals surface area (Å²) in [5.41, 5.74) is 13.5. The Hall–Kier alpha value is -11.9. The summed E-state index contributed by atoms with van der Waals surface area (Å²) in [5.74, 6) is -5.85. The van der Waals surface area contributed by atoms with Crippen molar-refractivity contribution in [1.29, 1.82) is 0 Å². The molecule has 8 aromatic rings. The molecule has 0 radical (unpaired) electrons. The number of alkyl halides is 3. The molecular formula is C88H95Cl2F3N14O17S2. The van der Waals surface area contributed by atoms with Crippen LogP contribution in [0.3, 0.4) is 0 Å². The lowest BCUT2D eigenvalue weighted by molar-refractivity contribution is -0.192. The number of halogens is 5. The number of Topliss-reactive ketones (excluding diaryl/α,β-unsaturated/α-hetero) is 2. The summed E-state index contributed by atoms with van der Waals surface area (Å²) < 4.78 is 47.1. The number of thiophene rings is 2. The van der Waals surface area contributed by atoms with Gasteiger partial charge in [-0.1, -0.05) is 124 Å². The molecule has 4 aromatic carbocycles. The summed E-state index contributed by atoms with van der Waals surface area (Å²) in [6, 6.07) is 21.0. The quantitative estimate of drug-likeness (QED) is 0.0164. The van der Waals surface area contributed by atoms with Gasteiger partial charge in [0.05, 0.1) is 46.5 Å². The van der Waals surface area contributed by atoms with Gasteiger partial charge in [0.1, 0.15) is 70.5 Å². The minimum atomic E-state index is -5.08. The molecule has 0 bridgehead atoms. The number of nitrogens with zero attached hydrogens (tertiary/aromatic N) is 10. The number of ether oxygens (including phenoxy) is 2. The molecule has 7 N–H and O–H groups in total. The smallest absolute Gasteiger partial charge is 0.485 e. The number of aromatic nitrogens is 6. The standard InChI is InChI=1S/C43H46ClN7O7S.C24H31N3O6.C19H17ClN4O2S.C2HF3O2/c1-24-25(2)59-43-36(24)38(27-15-17-28(44)18-16-27)46-31(39-49-48-26(3)50(39)43)22-35(54)45-21-10-8-6-4-5-7-9-12-29(52)23-58-33-14-11-13-30-37(33)42(57)51(41(30)56)32-19-20-34(53)47-40(32)55;25-14-7-5-3-1-2-4-6-9-16(28)15-33-19-11-8-10-17-21(19)24(32)27(23(17)31)18-12-13-20(29)26-22(18)30;1-9-10(2)27-19-16(9)17(12-4-6-13(20)7-5-12)21-14(8-15(25)26)18-23-22-11(3)24(18)19;3-2(4,5)1(6)7/h11,13-18,31-32H,4-10,12,19-23H2,1-3H3,(H,45,54)(H,47,53,55);8,10-11,18H,1-7,9,12-15,25H2,(H,26,29,30);4-7,14H,8H2,1-3H3,(H,25,26);(H,6,7)/t31-,32?;;14-;/m0.0./s1. The number of carboxylic acid groups (broad SMARTS) is 2. The number of carboxylic acids is 2. The number of rotatable bonds is 33. The van der Waals surface area contributed by atoms with Gasteiger partial charge in [-0.05, 0) is 146 Å². The number of piperidine rings is 2. The second-order valence-electron chi connectivity index (χ2n) is 30.9. The number of aliphatic imine (C=N–C) groups is 2. The molecule has 2 fully saturated rings. The fraction of sp³-hybridized carbons (Fsp3) is 0.420. The van der Waals surface area contributed by atoms with Gasteiger partial charge in [0.15, 0.2) is 23.2 Å². The monoisotopic (exact) mass is 1810 g/mol. The van der Waals surface area contributed by atoms with Crippen LogP contribution in [0, 0.1) is 41.5 Å². The second-order valence-corrected chi connectivity index (χ2v) is 34.2. The number of fused-ring (bicyclic) bond motifs is 8. The van der Waals surface area contributed by atoms with Gasteiger partial charge in [-0.25, -0.2) is 4.79 Å². The molecule has 0 spiro atoms. The molecule has 4 aromatic heterocycles. The van der Waals surface area contributed by atoms with E-state index >= 15 is 0 Å². The lowest BCUT2D eigenvalue weighted by Gasteiger charge is -2.27. The maximum Gasteiger partial charge on any atom is 0.490 e. The number of benzene rings is 4.